The molecule has 1 aliphatic heterocycles. The molecule has 102 valence electrons. The summed E-state index contributed by atoms with van der Waals surface area (Å²) in [4.78, 5) is 2.26. The van der Waals surface area contributed by atoms with E-state index in [-0.39, 0.29) is 0 Å². The van der Waals surface area contributed by atoms with Crippen LogP contribution in [0.5, 0.6) is 0 Å². The molecule has 0 saturated heterocycles. The van der Waals surface area contributed by atoms with Crippen LogP contribution < -0.4 is 4.90 Å². The Morgan fingerprint density at radius 2 is 1.30 bits per heavy atom. The molecule has 2 aromatic carbocycles. The molecule has 0 bridgehead atoms. The van der Waals surface area contributed by atoms with Gasteiger partial charge >= 0.3 is 0 Å². The Balaban J connectivity index is 2.30. The lowest BCUT2D eigenvalue weighted by molar-refractivity contribution is 1.05. The molecule has 1 heteroatoms. The van der Waals surface area contributed by atoms with Gasteiger partial charge in [0.25, 0.3) is 0 Å². The van der Waals surface area contributed by atoms with Crippen LogP contribution in [0.2, 0.25) is 0 Å². The number of fused-ring (bicyclic) bond motifs is 2. The van der Waals surface area contributed by atoms with E-state index >= 15 is 0 Å². The Bertz CT molecular complexity index is 653. The van der Waals surface area contributed by atoms with Crippen LogP contribution in [0.15, 0.2) is 37.0 Å². The first kappa shape index (κ1) is 13.0. The molecule has 20 heavy (non-hydrogen) atoms. The van der Waals surface area contributed by atoms with Crippen molar-refractivity contribution in [2.45, 2.75) is 34.1 Å². The van der Waals surface area contributed by atoms with E-state index in [2.05, 4.69) is 63.4 Å². The van der Waals surface area contributed by atoms with Crippen molar-refractivity contribution in [1.82, 2.24) is 0 Å². The van der Waals surface area contributed by atoms with Crippen molar-refractivity contribution in [2.24, 2.45) is 0 Å². The molecule has 0 radical (unpaired) electrons. The smallest absolute Gasteiger partial charge is 0.0520 e. The summed E-state index contributed by atoms with van der Waals surface area (Å²) in [5, 5.41) is 0. The number of rotatable bonds is 1. The Kier molecular flexibility index (Phi) is 2.93. The molecule has 0 aliphatic carbocycles. The van der Waals surface area contributed by atoms with Gasteiger partial charge in [-0.25, -0.2) is 0 Å². The Morgan fingerprint density at radius 3 is 1.70 bits per heavy atom. The molecule has 0 aromatic heterocycles. The van der Waals surface area contributed by atoms with Crippen LogP contribution in [0.3, 0.4) is 0 Å². The SMILES string of the molecule is C=CN1c2c(C)cc(C)cc2Cc2cc(C)cc(C)c21. The highest BCUT2D eigenvalue weighted by Gasteiger charge is 2.24. The predicted octanol–water partition coefficient (Wildman–Crippen LogP) is 5.11. The molecule has 1 heterocycles. The summed E-state index contributed by atoms with van der Waals surface area (Å²) in [5.74, 6) is 0. The van der Waals surface area contributed by atoms with E-state index in [1.165, 1.54) is 44.8 Å². The Hall–Kier alpha value is -2.02. The fraction of sp³-hybridized carbons (Fsp3) is 0.263. The van der Waals surface area contributed by atoms with Crippen LogP contribution in [-0.4, -0.2) is 0 Å². The maximum absolute atomic E-state index is 4.04. The highest BCUT2D eigenvalue weighted by atomic mass is 15.1. The van der Waals surface area contributed by atoms with E-state index in [9.17, 15) is 0 Å². The molecule has 2 aromatic rings. The van der Waals surface area contributed by atoms with Crippen molar-refractivity contribution in [2.75, 3.05) is 4.90 Å². The van der Waals surface area contributed by atoms with E-state index in [4.69, 9.17) is 0 Å². The van der Waals surface area contributed by atoms with Gasteiger partial charge in [0.05, 0.1) is 11.4 Å². The zero-order valence-electron chi connectivity index (χ0n) is 12.7. The highest BCUT2D eigenvalue weighted by molar-refractivity contribution is 5.80. The first-order chi connectivity index (χ1) is 9.51. The second-order valence-corrected chi connectivity index (χ2v) is 5.91. The third kappa shape index (κ3) is 1.85. The Labute approximate surface area is 121 Å². The van der Waals surface area contributed by atoms with Crippen LogP contribution in [0.25, 0.3) is 0 Å². The lowest BCUT2D eigenvalue weighted by Crippen LogP contribution is -2.20. The van der Waals surface area contributed by atoms with Gasteiger partial charge in [-0.1, -0.05) is 42.0 Å². The first-order valence-electron chi connectivity index (χ1n) is 7.13. The van der Waals surface area contributed by atoms with E-state index in [1.807, 2.05) is 6.20 Å². The molecule has 3 rings (SSSR count). The van der Waals surface area contributed by atoms with Crippen LogP contribution in [0.4, 0.5) is 11.4 Å². The van der Waals surface area contributed by atoms with Gasteiger partial charge in [0.15, 0.2) is 0 Å². The zero-order chi connectivity index (χ0) is 14.4. The molecule has 0 saturated carbocycles. The van der Waals surface area contributed by atoms with Crippen molar-refractivity contribution in [3.05, 3.63) is 70.4 Å². The Morgan fingerprint density at radius 1 is 0.850 bits per heavy atom. The van der Waals surface area contributed by atoms with Gasteiger partial charge in [-0.2, -0.15) is 0 Å². The molecule has 0 atom stereocenters. The van der Waals surface area contributed by atoms with Gasteiger partial charge in [-0.05, 0) is 49.9 Å². The summed E-state index contributed by atoms with van der Waals surface area (Å²) in [5.41, 5.74) is 10.7. The van der Waals surface area contributed by atoms with Gasteiger partial charge in [-0.15, -0.1) is 0 Å². The molecule has 1 nitrogen and oxygen atoms in total. The molecular formula is C19H21N. The average molecular weight is 263 g/mol. The van der Waals surface area contributed by atoms with Gasteiger partial charge in [0.2, 0.25) is 0 Å². The quantitative estimate of drug-likeness (QED) is 0.691. The number of aryl methyl sites for hydroxylation is 4. The molecule has 0 N–H and O–H groups in total. The highest BCUT2D eigenvalue weighted by Crippen LogP contribution is 2.43. The van der Waals surface area contributed by atoms with Crippen molar-refractivity contribution >= 4 is 11.4 Å². The summed E-state index contributed by atoms with van der Waals surface area (Å²) in [6.07, 6.45) is 2.96. The van der Waals surface area contributed by atoms with Gasteiger partial charge in [0, 0.05) is 12.6 Å². The number of anilines is 2. The molecular weight excluding hydrogens is 242 g/mol. The van der Waals surface area contributed by atoms with Crippen molar-refractivity contribution in [3.8, 4) is 0 Å². The largest absolute Gasteiger partial charge is 0.317 e. The van der Waals surface area contributed by atoms with Crippen LogP contribution in [0.1, 0.15) is 33.4 Å². The summed E-state index contributed by atoms with van der Waals surface area (Å²) in [6, 6.07) is 9.12. The number of benzene rings is 2. The zero-order valence-corrected chi connectivity index (χ0v) is 12.7. The minimum absolute atomic E-state index is 1.01. The normalized spacial score (nSPS) is 12.9. The maximum atomic E-state index is 4.04. The van der Waals surface area contributed by atoms with E-state index in [0.29, 0.717) is 0 Å². The van der Waals surface area contributed by atoms with Gasteiger partial charge < -0.3 is 4.90 Å². The molecule has 0 amide bonds. The number of hydrogen-bond donors (Lipinski definition) is 0. The second kappa shape index (κ2) is 4.52. The summed E-state index contributed by atoms with van der Waals surface area (Å²) in [7, 11) is 0. The summed E-state index contributed by atoms with van der Waals surface area (Å²) >= 11 is 0. The molecule has 1 aliphatic rings. The lowest BCUT2D eigenvalue weighted by atomic mass is 9.89. The molecule has 0 spiro atoms. The van der Waals surface area contributed by atoms with Crippen molar-refractivity contribution in [3.63, 3.8) is 0 Å². The average Bonchev–Trinajstić information content (AvgIpc) is 2.35. The minimum atomic E-state index is 1.01. The maximum Gasteiger partial charge on any atom is 0.0520 e. The third-order valence-electron chi connectivity index (χ3n) is 4.09. The predicted molar refractivity (Wildman–Crippen MR) is 87.0 cm³/mol. The monoisotopic (exact) mass is 263 g/mol. The first-order valence-corrected chi connectivity index (χ1v) is 7.13. The van der Waals surface area contributed by atoms with Crippen LogP contribution >= 0.6 is 0 Å². The summed E-state index contributed by atoms with van der Waals surface area (Å²) < 4.78 is 0. The van der Waals surface area contributed by atoms with Gasteiger partial charge in [0.1, 0.15) is 0 Å². The fourth-order valence-corrected chi connectivity index (χ4v) is 3.55. The van der Waals surface area contributed by atoms with Crippen LogP contribution in [-0.2, 0) is 6.42 Å². The molecule has 0 fully saturated rings. The number of hydrogen-bond acceptors (Lipinski definition) is 1. The fourth-order valence-electron chi connectivity index (χ4n) is 3.55. The third-order valence-corrected chi connectivity index (χ3v) is 4.09. The van der Waals surface area contributed by atoms with E-state index < -0.39 is 0 Å². The van der Waals surface area contributed by atoms with Crippen molar-refractivity contribution < 1.29 is 0 Å². The second-order valence-electron chi connectivity index (χ2n) is 5.91. The lowest BCUT2D eigenvalue weighted by Gasteiger charge is -2.34. The topological polar surface area (TPSA) is 3.24 Å². The summed E-state index contributed by atoms with van der Waals surface area (Å²) in [6.45, 7) is 12.8. The van der Waals surface area contributed by atoms with Crippen molar-refractivity contribution in [1.29, 1.82) is 0 Å². The standard InChI is InChI=1S/C19H21N/c1-6-20-18-14(4)7-12(2)9-16(18)11-17-10-13(3)8-15(5)19(17)20/h6-10H,1,11H2,2-5H3. The van der Waals surface area contributed by atoms with Crippen LogP contribution in [0, 0.1) is 27.7 Å². The van der Waals surface area contributed by atoms with E-state index in [1.54, 1.807) is 0 Å². The molecule has 0 unspecified atom stereocenters. The number of nitrogens with zero attached hydrogens (tertiary/aromatic N) is 1. The minimum Gasteiger partial charge on any atom is -0.317 e. The van der Waals surface area contributed by atoms with E-state index in [0.717, 1.165) is 6.42 Å². The van der Waals surface area contributed by atoms with Gasteiger partial charge in [-0.3, -0.25) is 0 Å².